The lowest BCUT2D eigenvalue weighted by Crippen LogP contribution is -2.66. The highest BCUT2D eigenvalue weighted by Crippen LogP contribution is 2.36. The molecule has 0 fully saturated rings. The Morgan fingerprint density at radius 1 is 1.03 bits per heavy atom. The molecule has 0 unspecified atom stereocenters. The highest BCUT2D eigenvalue weighted by Gasteiger charge is 2.49. The van der Waals surface area contributed by atoms with E-state index >= 15 is 0 Å². The van der Waals surface area contributed by atoms with Gasteiger partial charge in [0.25, 0.3) is 8.32 Å². The van der Waals surface area contributed by atoms with Gasteiger partial charge < -0.3 is 9.16 Å². The summed E-state index contributed by atoms with van der Waals surface area (Å²) in [4.78, 5) is 11.6. The molecule has 0 saturated heterocycles. The topological polar surface area (TPSA) is 35.5 Å². The van der Waals surface area contributed by atoms with Gasteiger partial charge in [-0.25, -0.2) is 4.79 Å². The van der Waals surface area contributed by atoms with Crippen LogP contribution in [0.25, 0.3) is 0 Å². The van der Waals surface area contributed by atoms with Crippen molar-refractivity contribution in [2.45, 2.75) is 39.7 Å². The second-order valence-corrected chi connectivity index (χ2v) is 13.5. The quantitative estimate of drug-likeness (QED) is 0.218. The van der Waals surface area contributed by atoms with E-state index in [9.17, 15) is 4.79 Å². The van der Waals surface area contributed by atoms with Crippen LogP contribution in [0.5, 0.6) is 0 Å². The molecule has 0 aliphatic rings. The van der Waals surface area contributed by atoms with Crippen LogP contribution in [0.2, 0.25) is 5.04 Å². The van der Waals surface area contributed by atoms with Gasteiger partial charge in [0.1, 0.15) is 4.48 Å². The molecule has 0 radical (unpaired) electrons. The molecule has 3 nitrogen and oxygen atoms in total. The molecule has 5 heteroatoms. The Kier molecular flexibility index (Phi) is 9.71. The summed E-state index contributed by atoms with van der Waals surface area (Å²) in [5.41, 5.74) is 0.878. The van der Waals surface area contributed by atoms with E-state index in [0.29, 0.717) is 17.7 Å². The summed E-state index contributed by atoms with van der Waals surface area (Å²) in [6.07, 6.45) is 3.51. The van der Waals surface area contributed by atoms with Gasteiger partial charge in [-0.2, -0.15) is 0 Å². The number of benzene rings is 2. The maximum Gasteiger partial charge on any atom is 0.345 e. The monoisotopic (exact) mass is 510 g/mol. The first-order chi connectivity index (χ1) is 15.2. The molecule has 0 aromatic heterocycles. The van der Waals surface area contributed by atoms with Crippen LogP contribution >= 0.6 is 15.9 Å². The van der Waals surface area contributed by atoms with Gasteiger partial charge in [-0.05, 0) is 56.8 Å². The standard InChI is InChI=1S/C27H31BrO3Si/c1-6-30-26(29)25(28)19-13-14-22(2)20-21-31-32(27(3,4)5,23-15-9-7-10-16-23)24-17-11-8-12-18-24/h7-12,15-20H,6,21H2,1-5H3/b22-20+,25-19+. The SMILES string of the molecule is CCOC(=O)/C(Br)=C\C#C/C(C)=C/CO[Si](c1ccccc1)(c1ccccc1)C(C)(C)C. The molecule has 2 aromatic carbocycles. The Morgan fingerprint density at radius 3 is 2.03 bits per heavy atom. The summed E-state index contributed by atoms with van der Waals surface area (Å²) in [6.45, 7) is 11.3. The zero-order valence-electron chi connectivity index (χ0n) is 19.4. The third kappa shape index (κ3) is 6.55. The lowest BCUT2D eigenvalue weighted by atomic mass is 10.2. The van der Waals surface area contributed by atoms with Gasteiger partial charge in [0.05, 0.1) is 13.2 Å². The van der Waals surface area contributed by atoms with Gasteiger partial charge in [-0.3, -0.25) is 0 Å². The second kappa shape index (κ2) is 12.0. The average molecular weight is 512 g/mol. The van der Waals surface area contributed by atoms with Crippen LogP contribution in [0.15, 0.2) is 82.9 Å². The van der Waals surface area contributed by atoms with Crippen LogP contribution in [0.3, 0.4) is 0 Å². The van der Waals surface area contributed by atoms with Crippen LogP contribution in [-0.4, -0.2) is 27.5 Å². The minimum absolute atomic E-state index is 0.0730. The van der Waals surface area contributed by atoms with Crippen molar-refractivity contribution in [2.75, 3.05) is 13.2 Å². The predicted octanol–water partition coefficient (Wildman–Crippen LogP) is 5.35. The molecule has 0 amide bonds. The smallest absolute Gasteiger partial charge is 0.345 e. The van der Waals surface area contributed by atoms with Gasteiger partial charge in [-0.15, -0.1) is 0 Å². The Bertz CT molecular complexity index is 970. The van der Waals surface area contributed by atoms with Crippen molar-refractivity contribution in [3.8, 4) is 11.8 Å². The fourth-order valence-electron chi connectivity index (χ4n) is 3.58. The molecule has 2 rings (SSSR count). The minimum atomic E-state index is -2.56. The first-order valence-electron chi connectivity index (χ1n) is 10.7. The number of halogens is 1. The largest absolute Gasteiger partial charge is 0.462 e. The van der Waals surface area contributed by atoms with Crippen molar-refractivity contribution in [1.29, 1.82) is 0 Å². The average Bonchev–Trinajstić information content (AvgIpc) is 2.77. The normalized spacial score (nSPS) is 12.7. The van der Waals surface area contributed by atoms with E-state index in [0.717, 1.165) is 5.57 Å². The number of esters is 1. The van der Waals surface area contributed by atoms with Crippen LogP contribution in [0.1, 0.15) is 34.6 Å². The van der Waals surface area contributed by atoms with Crippen molar-refractivity contribution >= 4 is 40.6 Å². The van der Waals surface area contributed by atoms with E-state index in [1.54, 1.807) is 6.92 Å². The molecule has 168 valence electrons. The fraction of sp³-hybridized carbons (Fsp3) is 0.296. The summed E-state index contributed by atoms with van der Waals surface area (Å²) >= 11 is 3.19. The molecule has 2 aromatic rings. The van der Waals surface area contributed by atoms with Crippen molar-refractivity contribution in [1.82, 2.24) is 0 Å². The molecule has 32 heavy (non-hydrogen) atoms. The van der Waals surface area contributed by atoms with Gasteiger partial charge >= 0.3 is 5.97 Å². The number of hydrogen-bond donors (Lipinski definition) is 0. The first kappa shape index (κ1) is 25.9. The number of rotatable bonds is 7. The maximum absolute atomic E-state index is 11.6. The molecule has 0 atom stereocenters. The molecular formula is C27H31BrO3Si. The Labute approximate surface area is 201 Å². The van der Waals surface area contributed by atoms with E-state index in [4.69, 9.17) is 9.16 Å². The first-order valence-corrected chi connectivity index (χ1v) is 13.4. The van der Waals surface area contributed by atoms with E-state index in [1.165, 1.54) is 16.4 Å². The lowest BCUT2D eigenvalue weighted by molar-refractivity contribution is -0.137. The van der Waals surface area contributed by atoms with E-state index in [1.807, 2.05) is 25.1 Å². The summed E-state index contributed by atoms with van der Waals surface area (Å²) in [5.74, 6) is 5.52. The van der Waals surface area contributed by atoms with Crippen molar-refractivity contribution in [3.63, 3.8) is 0 Å². The van der Waals surface area contributed by atoms with Gasteiger partial charge in [0.15, 0.2) is 0 Å². The number of hydrogen-bond acceptors (Lipinski definition) is 3. The number of ether oxygens (including phenoxy) is 1. The summed E-state index contributed by atoms with van der Waals surface area (Å²) in [7, 11) is -2.56. The summed E-state index contributed by atoms with van der Waals surface area (Å²) in [6, 6.07) is 21.1. The molecule has 0 N–H and O–H groups in total. The Hall–Kier alpha value is -2.39. The number of allylic oxidation sites excluding steroid dienone is 2. The molecule has 0 spiro atoms. The molecule has 0 bridgehead atoms. The third-order valence-corrected chi connectivity index (χ3v) is 10.6. The van der Waals surface area contributed by atoms with Gasteiger partial charge in [-0.1, -0.05) is 93.3 Å². The van der Waals surface area contributed by atoms with E-state index in [-0.39, 0.29) is 5.04 Å². The molecule has 0 aliphatic carbocycles. The fourth-order valence-corrected chi connectivity index (χ4v) is 8.29. The summed E-state index contributed by atoms with van der Waals surface area (Å²) < 4.78 is 12.1. The highest BCUT2D eigenvalue weighted by atomic mass is 79.9. The Morgan fingerprint density at radius 2 is 1.56 bits per heavy atom. The third-order valence-electron chi connectivity index (χ3n) is 5.04. The van der Waals surface area contributed by atoms with Crippen LogP contribution in [0.4, 0.5) is 0 Å². The van der Waals surface area contributed by atoms with Crippen LogP contribution in [0, 0.1) is 11.8 Å². The maximum atomic E-state index is 11.6. The lowest BCUT2D eigenvalue weighted by Gasteiger charge is -2.42. The second-order valence-electron chi connectivity index (χ2n) is 8.34. The predicted molar refractivity (Wildman–Crippen MR) is 139 cm³/mol. The molecule has 0 aliphatic heterocycles. The molecule has 0 heterocycles. The van der Waals surface area contributed by atoms with Gasteiger partial charge in [0.2, 0.25) is 0 Å². The zero-order valence-corrected chi connectivity index (χ0v) is 22.0. The highest BCUT2D eigenvalue weighted by molar-refractivity contribution is 9.12. The minimum Gasteiger partial charge on any atom is -0.462 e. The Balaban J connectivity index is 2.32. The van der Waals surface area contributed by atoms with Crippen molar-refractivity contribution < 1.29 is 14.0 Å². The van der Waals surface area contributed by atoms with E-state index in [2.05, 4.69) is 97.1 Å². The number of carbonyl (C=O) groups excluding carboxylic acids is 1. The van der Waals surface area contributed by atoms with Crippen LogP contribution < -0.4 is 10.4 Å². The van der Waals surface area contributed by atoms with E-state index < -0.39 is 14.3 Å². The van der Waals surface area contributed by atoms with Crippen molar-refractivity contribution in [2.24, 2.45) is 0 Å². The molecular weight excluding hydrogens is 480 g/mol. The zero-order chi connectivity index (χ0) is 23.6. The number of carbonyl (C=O) groups is 1. The van der Waals surface area contributed by atoms with Gasteiger partial charge in [0, 0.05) is 6.08 Å². The van der Waals surface area contributed by atoms with Crippen LogP contribution in [-0.2, 0) is 14.0 Å². The molecule has 0 saturated carbocycles. The van der Waals surface area contributed by atoms with Crippen molar-refractivity contribution in [3.05, 3.63) is 82.9 Å². The summed E-state index contributed by atoms with van der Waals surface area (Å²) in [5, 5.41) is 2.42.